The van der Waals surface area contributed by atoms with Crippen molar-refractivity contribution >= 4 is 16.9 Å². The minimum absolute atomic E-state index is 0.279. The van der Waals surface area contributed by atoms with Crippen molar-refractivity contribution in [3.05, 3.63) is 36.0 Å². The van der Waals surface area contributed by atoms with E-state index < -0.39 is 5.97 Å². The summed E-state index contributed by atoms with van der Waals surface area (Å²) in [4.78, 5) is 11.0. The second kappa shape index (κ2) is 4.48. The van der Waals surface area contributed by atoms with Gasteiger partial charge in [0.15, 0.2) is 0 Å². The highest BCUT2D eigenvalue weighted by atomic mass is 16.4. The van der Waals surface area contributed by atoms with Crippen molar-refractivity contribution in [3.63, 3.8) is 0 Å². The van der Waals surface area contributed by atoms with Gasteiger partial charge >= 0.3 is 5.97 Å². The molecule has 2 aromatic rings. The Balaban J connectivity index is 2.33. The molecule has 0 aliphatic rings. The van der Waals surface area contributed by atoms with Crippen LogP contribution in [0.3, 0.4) is 0 Å². The van der Waals surface area contributed by atoms with Gasteiger partial charge in [-0.05, 0) is 35.4 Å². The minimum atomic E-state index is -0.875. The van der Waals surface area contributed by atoms with Crippen LogP contribution in [-0.2, 0) is 6.54 Å². The van der Waals surface area contributed by atoms with Gasteiger partial charge in [0.25, 0.3) is 0 Å². The van der Waals surface area contributed by atoms with Gasteiger partial charge < -0.3 is 9.67 Å². The number of fused-ring (bicyclic) bond motifs is 1. The summed E-state index contributed by atoms with van der Waals surface area (Å²) in [7, 11) is 0. The van der Waals surface area contributed by atoms with Gasteiger partial charge in [-0.2, -0.15) is 0 Å². The topological polar surface area (TPSA) is 42.2 Å². The summed E-state index contributed by atoms with van der Waals surface area (Å²) in [6.07, 6.45) is 3.09. The Morgan fingerprint density at radius 2 is 2.00 bits per heavy atom. The summed E-state index contributed by atoms with van der Waals surface area (Å²) < 4.78 is 2.13. The summed E-state index contributed by atoms with van der Waals surface area (Å²) in [5.41, 5.74) is 1.62. The Labute approximate surface area is 107 Å². The van der Waals surface area contributed by atoms with E-state index in [1.807, 2.05) is 18.3 Å². The lowest BCUT2D eigenvalue weighted by molar-refractivity contribution is 0.0697. The van der Waals surface area contributed by atoms with Gasteiger partial charge in [0.2, 0.25) is 0 Å². The summed E-state index contributed by atoms with van der Waals surface area (Å²) in [5.74, 6) is -0.875. The molecule has 0 spiro atoms. The zero-order valence-electron chi connectivity index (χ0n) is 11.1. The van der Waals surface area contributed by atoms with Gasteiger partial charge in [-0.15, -0.1) is 0 Å². The van der Waals surface area contributed by atoms with Crippen LogP contribution in [-0.4, -0.2) is 15.6 Å². The molecule has 1 aromatic carbocycles. The molecular weight excluding hydrogens is 226 g/mol. The number of hydrogen-bond donors (Lipinski definition) is 1. The zero-order chi connectivity index (χ0) is 13.3. The molecular formula is C15H19NO2. The first-order valence-corrected chi connectivity index (χ1v) is 6.19. The highest BCUT2D eigenvalue weighted by molar-refractivity contribution is 5.93. The summed E-state index contributed by atoms with van der Waals surface area (Å²) in [6, 6.07) is 7.30. The number of hydrogen-bond acceptors (Lipinski definition) is 1. The van der Waals surface area contributed by atoms with Crippen molar-refractivity contribution in [2.45, 2.75) is 33.7 Å². The zero-order valence-corrected chi connectivity index (χ0v) is 11.1. The Kier molecular flexibility index (Phi) is 3.16. The molecule has 0 saturated carbocycles. The van der Waals surface area contributed by atoms with Crippen LogP contribution in [0.2, 0.25) is 0 Å². The van der Waals surface area contributed by atoms with E-state index >= 15 is 0 Å². The lowest BCUT2D eigenvalue weighted by Gasteiger charge is -2.18. The Morgan fingerprint density at radius 1 is 1.28 bits per heavy atom. The molecule has 0 atom stereocenters. The lowest BCUT2D eigenvalue weighted by atomic mass is 9.92. The molecule has 2 rings (SSSR count). The van der Waals surface area contributed by atoms with Gasteiger partial charge in [-0.1, -0.05) is 26.8 Å². The molecule has 1 heterocycles. The van der Waals surface area contributed by atoms with Crippen LogP contribution in [0.25, 0.3) is 10.9 Å². The third-order valence-electron chi connectivity index (χ3n) is 3.12. The van der Waals surface area contributed by atoms with E-state index in [4.69, 9.17) is 5.11 Å². The fraction of sp³-hybridized carbons (Fsp3) is 0.400. The summed E-state index contributed by atoms with van der Waals surface area (Å²) >= 11 is 0. The highest BCUT2D eigenvalue weighted by Gasteiger charge is 2.12. The van der Waals surface area contributed by atoms with Crippen LogP contribution in [0, 0.1) is 5.41 Å². The molecule has 3 nitrogen and oxygen atoms in total. The molecule has 18 heavy (non-hydrogen) atoms. The normalized spacial score (nSPS) is 11.9. The van der Waals surface area contributed by atoms with Crippen LogP contribution in [0.4, 0.5) is 0 Å². The fourth-order valence-corrected chi connectivity index (χ4v) is 1.97. The quantitative estimate of drug-likeness (QED) is 0.894. The molecule has 0 radical (unpaired) electrons. The second-order valence-electron chi connectivity index (χ2n) is 5.90. The van der Waals surface area contributed by atoms with E-state index in [1.165, 1.54) is 0 Å². The SMILES string of the molecule is CC(C)(C)CCn1ccc2ccc(C(=O)O)cc21. The molecule has 0 saturated heterocycles. The number of aromatic nitrogens is 1. The number of aryl methyl sites for hydroxylation is 1. The Morgan fingerprint density at radius 3 is 2.61 bits per heavy atom. The van der Waals surface area contributed by atoms with Gasteiger partial charge in [0, 0.05) is 18.3 Å². The molecule has 0 fully saturated rings. The summed E-state index contributed by atoms with van der Waals surface area (Å²) in [6.45, 7) is 7.54. The first-order valence-electron chi connectivity index (χ1n) is 6.19. The number of carbonyl (C=O) groups is 1. The van der Waals surface area contributed by atoms with Crippen molar-refractivity contribution in [2.24, 2.45) is 5.41 Å². The third-order valence-corrected chi connectivity index (χ3v) is 3.12. The summed E-state index contributed by atoms with van der Waals surface area (Å²) in [5, 5.41) is 10.1. The average Bonchev–Trinajstić information content (AvgIpc) is 2.67. The predicted octanol–water partition coefficient (Wildman–Crippen LogP) is 3.78. The highest BCUT2D eigenvalue weighted by Crippen LogP contribution is 2.23. The van der Waals surface area contributed by atoms with Gasteiger partial charge in [0.1, 0.15) is 0 Å². The number of carboxylic acid groups (broad SMARTS) is 1. The monoisotopic (exact) mass is 245 g/mol. The molecule has 1 N–H and O–H groups in total. The Hall–Kier alpha value is -1.77. The first kappa shape index (κ1) is 12.7. The average molecular weight is 245 g/mol. The maximum atomic E-state index is 11.0. The number of rotatable bonds is 3. The van der Waals surface area contributed by atoms with Crippen molar-refractivity contribution in [2.75, 3.05) is 0 Å². The van der Waals surface area contributed by atoms with E-state index in [0.29, 0.717) is 5.56 Å². The van der Waals surface area contributed by atoms with E-state index in [2.05, 4.69) is 25.3 Å². The molecule has 0 aliphatic heterocycles. The van der Waals surface area contributed by atoms with Crippen molar-refractivity contribution in [1.82, 2.24) is 4.57 Å². The smallest absolute Gasteiger partial charge is 0.335 e. The molecule has 1 aromatic heterocycles. The number of benzene rings is 1. The fourth-order valence-electron chi connectivity index (χ4n) is 1.97. The van der Waals surface area contributed by atoms with E-state index in [0.717, 1.165) is 23.9 Å². The van der Waals surface area contributed by atoms with E-state index in [-0.39, 0.29) is 5.41 Å². The largest absolute Gasteiger partial charge is 0.478 e. The van der Waals surface area contributed by atoms with Gasteiger partial charge in [-0.25, -0.2) is 4.79 Å². The molecule has 96 valence electrons. The Bertz CT molecular complexity index is 576. The number of aromatic carboxylic acids is 1. The third kappa shape index (κ3) is 2.73. The van der Waals surface area contributed by atoms with Gasteiger partial charge in [-0.3, -0.25) is 0 Å². The van der Waals surface area contributed by atoms with Crippen molar-refractivity contribution in [3.8, 4) is 0 Å². The van der Waals surface area contributed by atoms with Crippen LogP contribution in [0.15, 0.2) is 30.5 Å². The maximum Gasteiger partial charge on any atom is 0.335 e. The lowest BCUT2D eigenvalue weighted by Crippen LogP contribution is -2.09. The molecule has 0 aliphatic carbocycles. The number of carboxylic acids is 1. The number of nitrogens with zero attached hydrogens (tertiary/aromatic N) is 1. The van der Waals surface area contributed by atoms with Crippen molar-refractivity contribution in [1.29, 1.82) is 0 Å². The minimum Gasteiger partial charge on any atom is -0.478 e. The van der Waals surface area contributed by atoms with Crippen LogP contribution < -0.4 is 0 Å². The molecule has 0 amide bonds. The standard InChI is InChI=1S/C15H19NO2/c1-15(2,3)7-9-16-8-6-11-4-5-12(14(17)18)10-13(11)16/h4-6,8,10H,7,9H2,1-3H3,(H,17,18). The predicted molar refractivity (Wildman–Crippen MR) is 73.0 cm³/mol. The van der Waals surface area contributed by atoms with E-state index in [9.17, 15) is 4.79 Å². The molecule has 0 bridgehead atoms. The van der Waals surface area contributed by atoms with Crippen LogP contribution in [0.5, 0.6) is 0 Å². The van der Waals surface area contributed by atoms with Crippen LogP contribution in [0.1, 0.15) is 37.6 Å². The first-order chi connectivity index (χ1) is 8.37. The molecule has 0 unspecified atom stereocenters. The van der Waals surface area contributed by atoms with Crippen LogP contribution >= 0.6 is 0 Å². The van der Waals surface area contributed by atoms with E-state index in [1.54, 1.807) is 12.1 Å². The molecule has 3 heteroatoms. The maximum absolute atomic E-state index is 11.0. The second-order valence-corrected chi connectivity index (χ2v) is 5.90. The van der Waals surface area contributed by atoms with Crippen molar-refractivity contribution < 1.29 is 9.90 Å². The van der Waals surface area contributed by atoms with Gasteiger partial charge in [0.05, 0.1) is 5.56 Å².